The Morgan fingerprint density at radius 2 is 0.909 bits per heavy atom. The van der Waals surface area contributed by atoms with Gasteiger partial charge in [-0.05, 0) is 75.4 Å². The monoisotopic (exact) mass is 526 g/mol. The molecule has 2 aromatic carbocycles. The lowest BCUT2D eigenvalue weighted by molar-refractivity contribution is 0.527. The molecule has 0 aliphatic carbocycles. The van der Waals surface area contributed by atoms with Crippen LogP contribution in [0.1, 0.15) is 25.7 Å². The van der Waals surface area contributed by atoms with E-state index in [2.05, 4.69) is 26.2 Å². The molecular formula is C24H38O5S2Si2. The molecule has 2 aromatic rings. The fourth-order valence-corrected chi connectivity index (χ4v) is 15.8. The Bertz CT molecular complexity index is 981. The molecule has 9 heteroatoms. The van der Waals surface area contributed by atoms with Gasteiger partial charge in [-0.25, -0.2) is 16.8 Å². The standard InChI is InChI=1S/C24H38O5S2Si2/c1-32(2,21-13-11-19-30(25,26)23-15-7-5-8-16-23)29-33(3,4)22-14-12-20-31(27,28)24-17-9-6-10-18-24/h5-10,15-18H,11-14,19-22H2,1-4H3. The predicted molar refractivity (Wildman–Crippen MR) is 141 cm³/mol. The summed E-state index contributed by atoms with van der Waals surface area (Å²) in [6.07, 6.45) is 2.95. The van der Waals surface area contributed by atoms with Crippen molar-refractivity contribution in [1.29, 1.82) is 0 Å². The molecule has 0 aliphatic rings. The van der Waals surface area contributed by atoms with Crippen LogP contribution in [0.25, 0.3) is 0 Å². The lowest BCUT2D eigenvalue weighted by Gasteiger charge is -2.34. The molecule has 0 radical (unpaired) electrons. The van der Waals surface area contributed by atoms with E-state index in [-0.39, 0.29) is 11.5 Å². The predicted octanol–water partition coefficient (Wildman–Crippen LogP) is 5.92. The summed E-state index contributed by atoms with van der Waals surface area (Å²) in [6.45, 7) is 8.81. The van der Waals surface area contributed by atoms with Gasteiger partial charge in [0.05, 0.1) is 21.3 Å². The van der Waals surface area contributed by atoms with Crippen molar-refractivity contribution in [3.63, 3.8) is 0 Å². The lowest BCUT2D eigenvalue weighted by Crippen LogP contribution is -2.44. The molecule has 0 atom stereocenters. The highest BCUT2D eigenvalue weighted by Gasteiger charge is 2.32. The minimum absolute atomic E-state index is 0.165. The van der Waals surface area contributed by atoms with Crippen LogP contribution in [-0.4, -0.2) is 45.0 Å². The maximum Gasteiger partial charge on any atom is 0.178 e. The summed E-state index contributed by atoms with van der Waals surface area (Å²) in [5.41, 5.74) is 0. The summed E-state index contributed by atoms with van der Waals surface area (Å²) in [5.74, 6) is 0.330. The van der Waals surface area contributed by atoms with Crippen molar-refractivity contribution >= 4 is 36.3 Å². The number of hydrogen-bond acceptors (Lipinski definition) is 5. The summed E-state index contributed by atoms with van der Waals surface area (Å²) in [6, 6.07) is 19.1. The molecule has 0 saturated carbocycles. The number of rotatable bonds is 14. The number of unbranched alkanes of at least 4 members (excludes halogenated alkanes) is 2. The van der Waals surface area contributed by atoms with E-state index in [0.29, 0.717) is 22.6 Å². The third-order valence-corrected chi connectivity index (χ3v) is 16.8. The van der Waals surface area contributed by atoms with Gasteiger partial charge >= 0.3 is 0 Å². The van der Waals surface area contributed by atoms with Gasteiger partial charge < -0.3 is 4.12 Å². The van der Waals surface area contributed by atoms with Crippen LogP contribution in [-0.2, 0) is 23.8 Å². The molecule has 2 rings (SSSR count). The van der Waals surface area contributed by atoms with Crippen LogP contribution in [0.15, 0.2) is 70.5 Å². The van der Waals surface area contributed by atoms with Crippen molar-refractivity contribution in [2.75, 3.05) is 11.5 Å². The van der Waals surface area contributed by atoms with Gasteiger partial charge in [-0.1, -0.05) is 49.2 Å². The Kier molecular flexibility index (Phi) is 10.1. The van der Waals surface area contributed by atoms with Crippen LogP contribution < -0.4 is 0 Å². The third kappa shape index (κ3) is 9.86. The van der Waals surface area contributed by atoms with Gasteiger partial charge in [-0.15, -0.1) is 0 Å². The lowest BCUT2D eigenvalue weighted by atomic mass is 10.4. The fraction of sp³-hybridized carbons (Fsp3) is 0.500. The molecule has 0 unspecified atom stereocenters. The fourth-order valence-electron chi connectivity index (χ4n) is 4.03. The minimum atomic E-state index is -3.23. The Hall–Kier alpha value is -1.27. The summed E-state index contributed by atoms with van der Waals surface area (Å²) < 4.78 is 56.4. The highest BCUT2D eigenvalue weighted by Crippen LogP contribution is 2.26. The second-order valence-electron chi connectivity index (χ2n) is 9.80. The molecule has 0 amide bonds. The van der Waals surface area contributed by atoms with Crippen LogP contribution in [0.4, 0.5) is 0 Å². The molecule has 33 heavy (non-hydrogen) atoms. The largest absolute Gasteiger partial charge is 0.455 e. The second-order valence-corrected chi connectivity index (χ2v) is 22.9. The summed E-state index contributed by atoms with van der Waals surface area (Å²) >= 11 is 0. The van der Waals surface area contributed by atoms with Crippen LogP contribution in [0, 0.1) is 0 Å². The van der Waals surface area contributed by atoms with Gasteiger partial charge in [0.25, 0.3) is 0 Å². The Labute approximate surface area is 202 Å². The van der Waals surface area contributed by atoms with Crippen LogP contribution in [0.5, 0.6) is 0 Å². The molecule has 0 heterocycles. The smallest absolute Gasteiger partial charge is 0.178 e. The van der Waals surface area contributed by atoms with E-state index in [9.17, 15) is 16.8 Å². The van der Waals surface area contributed by atoms with E-state index < -0.39 is 36.3 Å². The molecule has 0 spiro atoms. The molecule has 0 aliphatic heterocycles. The quantitative estimate of drug-likeness (QED) is 0.225. The van der Waals surface area contributed by atoms with E-state index in [1.807, 2.05) is 12.1 Å². The molecule has 0 saturated heterocycles. The van der Waals surface area contributed by atoms with Crippen LogP contribution >= 0.6 is 0 Å². The molecule has 0 fully saturated rings. The first-order valence-electron chi connectivity index (χ1n) is 11.6. The van der Waals surface area contributed by atoms with E-state index in [0.717, 1.165) is 24.9 Å². The molecule has 0 N–H and O–H groups in total. The average Bonchev–Trinajstić information content (AvgIpc) is 2.75. The molecule has 0 bridgehead atoms. The first-order valence-corrected chi connectivity index (χ1v) is 21.1. The zero-order valence-electron chi connectivity index (χ0n) is 20.3. The first kappa shape index (κ1) is 28.0. The van der Waals surface area contributed by atoms with Gasteiger partial charge in [0.1, 0.15) is 0 Å². The molecule has 5 nitrogen and oxygen atoms in total. The first-order chi connectivity index (χ1) is 15.3. The van der Waals surface area contributed by atoms with Gasteiger partial charge in [0.15, 0.2) is 36.3 Å². The minimum Gasteiger partial charge on any atom is -0.455 e. The van der Waals surface area contributed by atoms with Crippen LogP contribution in [0.2, 0.25) is 38.3 Å². The Balaban J connectivity index is 1.74. The van der Waals surface area contributed by atoms with E-state index >= 15 is 0 Å². The Morgan fingerprint density at radius 1 is 0.576 bits per heavy atom. The maximum absolute atomic E-state index is 12.4. The number of benzene rings is 2. The van der Waals surface area contributed by atoms with E-state index in [4.69, 9.17) is 4.12 Å². The van der Waals surface area contributed by atoms with Gasteiger partial charge in [0.2, 0.25) is 0 Å². The van der Waals surface area contributed by atoms with Crippen LogP contribution in [0.3, 0.4) is 0 Å². The van der Waals surface area contributed by atoms with Gasteiger partial charge in [-0.2, -0.15) is 0 Å². The third-order valence-electron chi connectivity index (χ3n) is 5.64. The summed E-state index contributed by atoms with van der Waals surface area (Å²) in [4.78, 5) is 0.779. The van der Waals surface area contributed by atoms with Crippen molar-refractivity contribution in [2.45, 2.75) is 73.8 Å². The topological polar surface area (TPSA) is 77.5 Å². The zero-order chi connectivity index (χ0) is 24.6. The van der Waals surface area contributed by atoms with Gasteiger partial charge in [-0.3, -0.25) is 0 Å². The molecule has 184 valence electrons. The number of hydrogen-bond donors (Lipinski definition) is 0. The maximum atomic E-state index is 12.4. The average molecular weight is 527 g/mol. The van der Waals surface area contributed by atoms with E-state index in [1.54, 1.807) is 48.5 Å². The molecular weight excluding hydrogens is 489 g/mol. The van der Waals surface area contributed by atoms with Crippen molar-refractivity contribution in [1.82, 2.24) is 0 Å². The summed E-state index contributed by atoms with van der Waals surface area (Å²) in [7, 11) is -10.3. The normalized spacial score (nSPS) is 13.2. The number of sulfone groups is 2. The van der Waals surface area contributed by atoms with Crippen molar-refractivity contribution < 1.29 is 21.0 Å². The van der Waals surface area contributed by atoms with Crippen molar-refractivity contribution in [3.05, 3.63) is 60.7 Å². The zero-order valence-corrected chi connectivity index (χ0v) is 23.9. The van der Waals surface area contributed by atoms with Gasteiger partial charge in [0, 0.05) is 0 Å². The Morgan fingerprint density at radius 3 is 1.24 bits per heavy atom. The van der Waals surface area contributed by atoms with Crippen molar-refractivity contribution in [2.24, 2.45) is 0 Å². The molecule has 0 aromatic heterocycles. The SMILES string of the molecule is C[Si](C)(CCCCS(=O)(=O)c1ccccc1)O[Si](C)(C)CCCCS(=O)(=O)c1ccccc1. The van der Waals surface area contributed by atoms with Crippen molar-refractivity contribution in [3.8, 4) is 0 Å². The second kappa shape index (κ2) is 11.9. The summed E-state index contributed by atoms with van der Waals surface area (Å²) in [5, 5.41) is 0. The van der Waals surface area contributed by atoms with E-state index in [1.165, 1.54) is 0 Å². The highest BCUT2D eigenvalue weighted by molar-refractivity contribution is 7.91. The highest BCUT2D eigenvalue weighted by atomic mass is 32.2.